The summed E-state index contributed by atoms with van der Waals surface area (Å²) in [6.07, 6.45) is 5.56. The van der Waals surface area contributed by atoms with Gasteiger partial charge in [-0.1, -0.05) is 25.1 Å². The first-order valence-corrected chi connectivity index (χ1v) is 7.97. The second-order valence-electron chi connectivity index (χ2n) is 5.91. The molecule has 0 N–H and O–H groups in total. The topological polar surface area (TPSA) is 61.4 Å². The molecule has 0 radical (unpaired) electrons. The Morgan fingerprint density at radius 2 is 1.96 bits per heavy atom. The van der Waals surface area contributed by atoms with Crippen LogP contribution in [0.5, 0.6) is 0 Å². The molecule has 1 aromatic carbocycles. The molecule has 6 heteroatoms. The Balaban J connectivity index is 1.81. The Morgan fingerprint density at radius 1 is 1.08 bits per heavy atom. The molecule has 0 amide bonds. The normalized spacial score (nSPS) is 12.6. The van der Waals surface area contributed by atoms with Gasteiger partial charge >= 0.3 is 0 Å². The molecule has 0 bridgehead atoms. The number of rotatable bonds is 4. The van der Waals surface area contributed by atoms with Crippen LogP contribution in [-0.2, 0) is 6.54 Å². The molecule has 0 saturated carbocycles. The summed E-state index contributed by atoms with van der Waals surface area (Å²) in [7, 11) is 0. The Labute approximate surface area is 139 Å². The van der Waals surface area contributed by atoms with Crippen LogP contribution in [0.15, 0.2) is 55.0 Å². The maximum absolute atomic E-state index is 4.66. The summed E-state index contributed by atoms with van der Waals surface area (Å²) in [5.74, 6) is 1.84. The molecule has 0 aliphatic heterocycles. The highest BCUT2D eigenvalue weighted by Gasteiger charge is 2.18. The minimum Gasteiger partial charge on any atom is -0.272 e. The fourth-order valence-electron chi connectivity index (χ4n) is 2.96. The third kappa shape index (κ3) is 2.56. The first kappa shape index (κ1) is 14.6. The highest BCUT2D eigenvalue weighted by Crippen LogP contribution is 2.24. The van der Waals surface area contributed by atoms with Crippen molar-refractivity contribution < 1.29 is 0 Å². The Bertz CT molecular complexity index is 965. The number of pyridine rings is 1. The number of fused-ring (bicyclic) bond motifs is 1. The molecule has 24 heavy (non-hydrogen) atoms. The zero-order chi connectivity index (χ0) is 16.5. The van der Waals surface area contributed by atoms with Gasteiger partial charge in [-0.15, -0.1) is 0 Å². The van der Waals surface area contributed by atoms with Crippen molar-refractivity contribution in [1.82, 2.24) is 29.5 Å². The van der Waals surface area contributed by atoms with E-state index in [9.17, 15) is 0 Å². The molecule has 0 aliphatic carbocycles. The molecular formula is C18H18N6. The summed E-state index contributed by atoms with van der Waals surface area (Å²) >= 11 is 0. The minimum atomic E-state index is 0.171. The quantitative estimate of drug-likeness (QED) is 0.580. The molecule has 0 fully saturated rings. The average Bonchev–Trinajstić information content (AvgIpc) is 3.23. The van der Waals surface area contributed by atoms with E-state index >= 15 is 0 Å². The number of aryl methyl sites for hydroxylation is 1. The largest absolute Gasteiger partial charge is 0.272 e. The Hall–Kier alpha value is -3.02. The number of nitrogens with zero attached hydrogens (tertiary/aromatic N) is 6. The van der Waals surface area contributed by atoms with Crippen LogP contribution in [0, 0.1) is 6.92 Å². The van der Waals surface area contributed by atoms with E-state index in [-0.39, 0.29) is 5.92 Å². The molecule has 0 saturated heterocycles. The number of para-hydroxylation sites is 1. The van der Waals surface area contributed by atoms with Crippen molar-refractivity contribution in [2.24, 2.45) is 0 Å². The van der Waals surface area contributed by atoms with Gasteiger partial charge in [0.05, 0.1) is 17.7 Å². The lowest BCUT2D eigenvalue weighted by atomic mass is 10.1. The second kappa shape index (κ2) is 5.88. The molecule has 120 valence electrons. The fraction of sp³-hybridized carbons (Fsp3) is 0.222. The van der Waals surface area contributed by atoms with Crippen LogP contribution in [0.2, 0.25) is 0 Å². The summed E-state index contributed by atoms with van der Waals surface area (Å²) in [6, 6.07) is 12.0. The SMILES string of the molecule is Cc1nc(C(C)Cn2cccn2)n(-c2cccc3cccnc23)n1. The zero-order valence-corrected chi connectivity index (χ0v) is 13.7. The number of benzene rings is 1. The number of hydrogen-bond acceptors (Lipinski definition) is 4. The third-order valence-electron chi connectivity index (χ3n) is 4.04. The monoisotopic (exact) mass is 318 g/mol. The Kier molecular flexibility index (Phi) is 3.57. The molecule has 0 spiro atoms. The number of aromatic nitrogens is 6. The van der Waals surface area contributed by atoms with E-state index in [0.29, 0.717) is 0 Å². The fourth-order valence-corrected chi connectivity index (χ4v) is 2.96. The highest BCUT2D eigenvalue weighted by atomic mass is 15.4. The standard InChI is InChI=1S/C18H18N6/c1-13(12-23-11-5-10-20-23)18-21-14(2)22-24(18)16-8-3-6-15-7-4-9-19-17(15)16/h3-11,13H,12H2,1-2H3. The van der Waals surface area contributed by atoms with Crippen molar-refractivity contribution in [1.29, 1.82) is 0 Å². The van der Waals surface area contributed by atoms with E-state index in [1.165, 1.54) is 0 Å². The van der Waals surface area contributed by atoms with Crippen LogP contribution in [-0.4, -0.2) is 29.5 Å². The van der Waals surface area contributed by atoms with Gasteiger partial charge in [0.15, 0.2) is 0 Å². The summed E-state index contributed by atoms with van der Waals surface area (Å²) in [6.45, 7) is 4.81. The van der Waals surface area contributed by atoms with Gasteiger partial charge in [-0.2, -0.15) is 10.2 Å². The van der Waals surface area contributed by atoms with Crippen LogP contribution >= 0.6 is 0 Å². The molecular weight excluding hydrogens is 300 g/mol. The van der Waals surface area contributed by atoms with Gasteiger partial charge in [-0.05, 0) is 25.1 Å². The molecule has 0 aliphatic rings. The van der Waals surface area contributed by atoms with Crippen LogP contribution in [0.1, 0.15) is 24.5 Å². The van der Waals surface area contributed by atoms with Gasteiger partial charge in [0, 0.05) is 29.9 Å². The molecule has 1 unspecified atom stereocenters. The van der Waals surface area contributed by atoms with E-state index in [0.717, 1.165) is 34.8 Å². The number of hydrogen-bond donors (Lipinski definition) is 0. The molecule has 4 rings (SSSR count). The summed E-state index contributed by atoms with van der Waals surface area (Å²) < 4.78 is 3.83. The van der Waals surface area contributed by atoms with E-state index in [1.54, 1.807) is 6.20 Å². The van der Waals surface area contributed by atoms with Crippen LogP contribution in [0.25, 0.3) is 16.6 Å². The van der Waals surface area contributed by atoms with Crippen molar-refractivity contribution in [3.63, 3.8) is 0 Å². The third-order valence-corrected chi connectivity index (χ3v) is 4.04. The predicted molar refractivity (Wildman–Crippen MR) is 92.0 cm³/mol. The second-order valence-corrected chi connectivity index (χ2v) is 5.91. The van der Waals surface area contributed by atoms with Gasteiger partial charge in [0.25, 0.3) is 0 Å². The maximum Gasteiger partial charge on any atom is 0.148 e. The van der Waals surface area contributed by atoms with Crippen LogP contribution in [0.4, 0.5) is 0 Å². The smallest absolute Gasteiger partial charge is 0.148 e. The lowest BCUT2D eigenvalue weighted by molar-refractivity contribution is 0.515. The summed E-state index contributed by atoms with van der Waals surface area (Å²) in [5.41, 5.74) is 1.88. The van der Waals surface area contributed by atoms with Crippen molar-refractivity contribution in [2.45, 2.75) is 26.3 Å². The summed E-state index contributed by atoms with van der Waals surface area (Å²) in [5, 5.41) is 10.00. The lowest BCUT2D eigenvalue weighted by Gasteiger charge is -2.14. The molecule has 3 heterocycles. The van der Waals surface area contributed by atoms with Crippen molar-refractivity contribution in [3.05, 3.63) is 66.6 Å². The van der Waals surface area contributed by atoms with Gasteiger partial charge in [-0.3, -0.25) is 9.67 Å². The van der Waals surface area contributed by atoms with Gasteiger partial charge in [0.2, 0.25) is 0 Å². The van der Waals surface area contributed by atoms with Crippen LogP contribution in [0.3, 0.4) is 0 Å². The summed E-state index contributed by atoms with van der Waals surface area (Å²) in [4.78, 5) is 9.19. The van der Waals surface area contributed by atoms with Gasteiger partial charge in [-0.25, -0.2) is 9.67 Å². The molecule has 6 nitrogen and oxygen atoms in total. The first-order chi connectivity index (χ1) is 11.7. The van der Waals surface area contributed by atoms with Crippen LogP contribution < -0.4 is 0 Å². The van der Waals surface area contributed by atoms with E-state index in [2.05, 4.69) is 39.2 Å². The van der Waals surface area contributed by atoms with Gasteiger partial charge in [0.1, 0.15) is 11.6 Å². The molecule has 3 aromatic heterocycles. The minimum absolute atomic E-state index is 0.171. The van der Waals surface area contributed by atoms with E-state index < -0.39 is 0 Å². The van der Waals surface area contributed by atoms with E-state index in [1.807, 2.05) is 52.9 Å². The molecule has 1 atom stereocenters. The van der Waals surface area contributed by atoms with Gasteiger partial charge < -0.3 is 0 Å². The van der Waals surface area contributed by atoms with Crippen molar-refractivity contribution >= 4 is 10.9 Å². The predicted octanol–water partition coefficient (Wildman–Crippen LogP) is 3.12. The lowest BCUT2D eigenvalue weighted by Crippen LogP contribution is -2.13. The Morgan fingerprint density at radius 3 is 2.79 bits per heavy atom. The highest BCUT2D eigenvalue weighted by molar-refractivity contribution is 5.86. The van der Waals surface area contributed by atoms with Crippen molar-refractivity contribution in [3.8, 4) is 5.69 Å². The average molecular weight is 318 g/mol. The molecule has 4 aromatic rings. The maximum atomic E-state index is 4.66. The van der Waals surface area contributed by atoms with E-state index in [4.69, 9.17) is 0 Å². The zero-order valence-electron chi connectivity index (χ0n) is 13.7. The van der Waals surface area contributed by atoms with Crippen molar-refractivity contribution in [2.75, 3.05) is 0 Å². The first-order valence-electron chi connectivity index (χ1n) is 7.97.